The Hall–Kier alpha value is -1.11. The summed E-state index contributed by atoms with van der Waals surface area (Å²) in [6.07, 6.45) is 0. The van der Waals surface area contributed by atoms with Gasteiger partial charge in [0.25, 0.3) is 0 Å². The number of nitrogens with zero attached hydrogens (tertiary/aromatic N) is 2. The van der Waals surface area contributed by atoms with Gasteiger partial charge in [-0.15, -0.1) is 0 Å². The van der Waals surface area contributed by atoms with Crippen LogP contribution in [0.25, 0.3) is 0 Å². The second-order valence-corrected chi connectivity index (χ2v) is 7.94. The van der Waals surface area contributed by atoms with Gasteiger partial charge in [-0.1, -0.05) is 12.1 Å². The lowest BCUT2D eigenvalue weighted by molar-refractivity contribution is 0.0801. The van der Waals surface area contributed by atoms with E-state index in [1.807, 2.05) is 7.05 Å². The Bertz CT molecular complexity index is 591. The highest BCUT2D eigenvalue weighted by Gasteiger charge is 2.38. The molecule has 2 rings (SSSR count). The number of likely N-dealkylation sites (N-methyl/N-ethyl adjacent to an activating group) is 1. The van der Waals surface area contributed by atoms with Gasteiger partial charge in [0, 0.05) is 25.2 Å². The van der Waals surface area contributed by atoms with E-state index in [1.54, 1.807) is 29.4 Å². The Balaban J connectivity index is 2.42. The molecule has 0 saturated carbocycles. The van der Waals surface area contributed by atoms with Gasteiger partial charge in [0.1, 0.15) is 4.90 Å². The molecule has 0 bridgehead atoms. The standard InChI is InChI=1S/C14H23N3O2S/c1-11-6-5-7-12(15)13(11)20(18,19)17-9-8-16(4)14(2,3)10-17/h5-7H,8-10,15H2,1-4H3. The van der Waals surface area contributed by atoms with Gasteiger partial charge < -0.3 is 5.73 Å². The first-order valence-electron chi connectivity index (χ1n) is 6.73. The Morgan fingerprint density at radius 3 is 2.45 bits per heavy atom. The van der Waals surface area contributed by atoms with Crippen molar-refractivity contribution in [2.75, 3.05) is 32.4 Å². The minimum atomic E-state index is -3.54. The fourth-order valence-electron chi connectivity index (χ4n) is 2.56. The highest BCUT2D eigenvalue weighted by Crippen LogP contribution is 2.29. The van der Waals surface area contributed by atoms with E-state index in [1.165, 1.54) is 0 Å². The van der Waals surface area contributed by atoms with Crippen molar-refractivity contribution < 1.29 is 8.42 Å². The molecule has 0 atom stereocenters. The summed E-state index contributed by atoms with van der Waals surface area (Å²) >= 11 is 0. The molecule has 1 aromatic rings. The van der Waals surface area contributed by atoms with Crippen LogP contribution in [-0.2, 0) is 10.0 Å². The third-order valence-electron chi connectivity index (χ3n) is 4.12. The third kappa shape index (κ3) is 2.55. The second-order valence-electron chi connectivity index (χ2n) is 6.07. The highest BCUT2D eigenvalue weighted by atomic mass is 32.2. The molecule has 0 radical (unpaired) electrons. The lowest BCUT2D eigenvalue weighted by atomic mass is 10.0. The van der Waals surface area contributed by atoms with E-state index < -0.39 is 10.0 Å². The first-order valence-corrected chi connectivity index (χ1v) is 8.17. The van der Waals surface area contributed by atoms with Crippen molar-refractivity contribution in [1.29, 1.82) is 0 Å². The number of piperazine rings is 1. The summed E-state index contributed by atoms with van der Waals surface area (Å²) in [4.78, 5) is 2.43. The van der Waals surface area contributed by atoms with Crippen LogP contribution in [0.4, 0.5) is 5.69 Å². The first kappa shape index (κ1) is 15.3. The maximum absolute atomic E-state index is 12.9. The van der Waals surface area contributed by atoms with E-state index in [9.17, 15) is 8.42 Å². The van der Waals surface area contributed by atoms with Crippen molar-refractivity contribution in [3.63, 3.8) is 0 Å². The summed E-state index contributed by atoms with van der Waals surface area (Å²) < 4.78 is 27.2. The number of benzene rings is 1. The van der Waals surface area contributed by atoms with Crippen molar-refractivity contribution >= 4 is 15.7 Å². The molecule has 1 fully saturated rings. The monoisotopic (exact) mass is 297 g/mol. The van der Waals surface area contributed by atoms with Gasteiger partial charge in [0.15, 0.2) is 0 Å². The number of rotatable bonds is 2. The zero-order chi connectivity index (χ0) is 15.1. The van der Waals surface area contributed by atoms with E-state index in [2.05, 4.69) is 18.7 Å². The highest BCUT2D eigenvalue weighted by molar-refractivity contribution is 7.89. The van der Waals surface area contributed by atoms with Crippen molar-refractivity contribution in [3.8, 4) is 0 Å². The number of hydrogen-bond donors (Lipinski definition) is 1. The van der Waals surface area contributed by atoms with E-state index in [0.717, 1.165) is 6.54 Å². The van der Waals surface area contributed by atoms with Gasteiger partial charge in [-0.2, -0.15) is 4.31 Å². The molecular weight excluding hydrogens is 274 g/mol. The van der Waals surface area contributed by atoms with E-state index in [4.69, 9.17) is 5.73 Å². The van der Waals surface area contributed by atoms with Crippen LogP contribution in [-0.4, -0.2) is 49.8 Å². The molecule has 5 nitrogen and oxygen atoms in total. The first-order chi connectivity index (χ1) is 9.16. The molecular formula is C14H23N3O2S. The van der Waals surface area contributed by atoms with Crippen LogP contribution >= 0.6 is 0 Å². The summed E-state index contributed by atoms with van der Waals surface area (Å²) in [6, 6.07) is 5.20. The predicted octanol–water partition coefficient (Wildman–Crippen LogP) is 1.29. The average Bonchev–Trinajstić information content (AvgIpc) is 2.32. The smallest absolute Gasteiger partial charge is 0.245 e. The zero-order valence-electron chi connectivity index (χ0n) is 12.5. The zero-order valence-corrected chi connectivity index (χ0v) is 13.4. The maximum Gasteiger partial charge on any atom is 0.245 e. The fourth-order valence-corrected chi connectivity index (χ4v) is 4.46. The van der Waals surface area contributed by atoms with Crippen LogP contribution in [0.3, 0.4) is 0 Å². The number of hydrogen-bond acceptors (Lipinski definition) is 4. The number of nitrogen functional groups attached to an aromatic ring is 1. The van der Waals surface area contributed by atoms with Gasteiger partial charge in [-0.25, -0.2) is 8.42 Å². The summed E-state index contributed by atoms with van der Waals surface area (Å²) in [6.45, 7) is 7.57. The molecule has 112 valence electrons. The molecule has 0 unspecified atom stereocenters. The Morgan fingerprint density at radius 2 is 1.90 bits per heavy atom. The molecule has 1 heterocycles. The van der Waals surface area contributed by atoms with Crippen molar-refractivity contribution in [3.05, 3.63) is 23.8 Å². The van der Waals surface area contributed by atoms with Crippen LogP contribution in [0.15, 0.2) is 23.1 Å². The molecule has 6 heteroatoms. The predicted molar refractivity (Wildman–Crippen MR) is 81.1 cm³/mol. The van der Waals surface area contributed by atoms with Crippen molar-refractivity contribution in [1.82, 2.24) is 9.21 Å². The fraction of sp³-hybridized carbons (Fsp3) is 0.571. The maximum atomic E-state index is 12.9. The molecule has 0 aromatic heterocycles. The van der Waals surface area contributed by atoms with Gasteiger partial charge in [0.05, 0.1) is 5.69 Å². The molecule has 0 aliphatic carbocycles. The molecule has 0 spiro atoms. The van der Waals surface area contributed by atoms with Gasteiger partial charge >= 0.3 is 0 Å². The molecule has 2 N–H and O–H groups in total. The van der Waals surface area contributed by atoms with Crippen molar-refractivity contribution in [2.45, 2.75) is 31.2 Å². The lowest BCUT2D eigenvalue weighted by Gasteiger charge is -2.44. The summed E-state index contributed by atoms with van der Waals surface area (Å²) in [5, 5.41) is 0. The number of nitrogens with two attached hydrogens (primary N) is 1. The third-order valence-corrected chi connectivity index (χ3v) is 6.19. The molecule has 1 saturated heterocycles. The molecule has 1 aliphatic heterocycles. The Morgan fingerprint density at radius 1 is 1.25 bits per heavy atom. The normalized spacial score (nSPS) is 21.0. The van der Waals surface area contributed by atoms with Gasteiger partial charge in [-0.3, -0.25) is 4.90 Å². The van der Waals surface area contributed by atoms with E-state index >= 15 is 0 Å². The molecule has 0 amide bonds. The summed E-state index contributed by atoms with van der Waals surface area (Å²) in [7, 11) is -1.52. The molecule has 20 heavy (non-hydrogen) atoms. The largest absolute Gasteiger partial charge is 0.398 e. The van der Waals surface area contributed by atoms with Gasteiger partial charge in [-0.05, 0) is 39.4 Å². The topological polar surface area (TPSA) is 66.6 Å². The SMILES string of the molecule is Cc1cccc(N)c1S(=O)(=O)N1CCN(C)C(C)(C)C1. The van der Waals surface area contributed by atoms with Gasteiger partial charge in [0.2, 0.25) is 10.0 Å². The molecule has 1 aliphatic rings. The van der Waals surface area contributed by atoms with E-state index in [0.29, 0.717) is 24.3 Å². The Labute approximate surface area is 121 Å². The van der Waals surface area contributed by atoms with Crippen LogP contribution in [0.5, 0.6) is 0 Å². The molecule has 1 aromatic carbocycles. The van der Waals surface area contributed by atoms with Crippen LogP contribution in [0, 0.1) is 6.92 Å². The average molecular weight is 297 g/mol. The van der Waals surface area contributed by atoms with Crippen LogP contribution in [0.1, 0.15) is 19.4 Å². The van der Waals surface area contributed by atoms with Crippen LogP contribution in [0.2, 0.25) is 0 Å². The Kier molecular flexibility index (Phi) is 3.83. The minimum absolute atomic E-state index is 0.178. The summed E-state index contributed by atoms with van der Waals surface area (Å²) in [5.74, 6) is 0. The quantitative estimate of drug-likeness (QED) is 0.835. The minimum Gasteiger partial charge on any atom is -0.398 e. The second kappa shape index (κ2) is 5.02. The van der Waals surface area contributed by atoms with Crippen molar-refractivity contribution in [2.24, 2.45) is 0 Å². The number of aryl methyl sites for hydroxylation is 1. The number of sulfonamides is 1. The number of anilines is 1. The van der Waals surface area contributed by atoms with Crippen LogP contribution < -0.4 is 5.73 Å². The lowest BCUT2D eigenvalue weighted by Crippen LogP contribution is -2.58. The summed E-state index contributed by atoms with van der Waals surface area (Å²) in [5.41, 5.74) is 6.73. The van der Waals surface area contributed by atoms with E-state index in [-0.39, 0.29) is 10.4 Å².